The number of benzene rings is 1. The summed E-state index contributed by atoms with van der Waals surface area (Å²) >= 11 is 0. The Morgan fingerprint density at radius 3 is 1.13 bits per heavy atom. The smallest absolute Gasteiger partial charge is 0.161 e. The van der Waals surface area contributed by atoms with Crippen molar-refractivity contribution in [1.82, 2.24) is 0 Å². The molecule has 0 amide bonds. The van der Waals surface area contributed by atoms with Crippen molar-refractivity contribution in [3.05, 3.63) is 47.9 Å². The van der Waals surface area contributed by atoms with Gasteiger partial charge in [-0.1, -0.05) is 65.5 Å². The molecule has 1 aromatic rings. The summed E-state index contributed by atoms with van der Waals surface area (Å²) in [4.78, 5) is 0. The van der Waals surface area contributed by atoms with E-state index in [-0.39, 0.29) is 16.2 Å². The minimum absolute atomic E-state index is 0.217. The second-order valence-electron chi connectivity index (χ2n) is 17.4. The zero-order valence-electron chi connectivity index (χ0n) is 32.3. The number of rotatable bonds is 0. The molecule has 5 saturated carbocycles. The van der Waals surface area contributed by atoms with Gasteiger partial charge in [-0.25, -0.2) is 0 Å². The molecule has 0 spiro atoms. The molecule has 0 aromatic heterocycles. The van der Waals surface area contributed by atoms with Gasteiger partial charge in [0.05, 0.1) is 52.9 Å². The van der Waals surface area contributed by atoms with Crippen molar-refractivity contribution in [1.29, 1.82) is 0 Å². The Balaban J connectivity index is 1.00. The van der Waals surface area contributed by atoms with Crippen LogP contribution in [0.1, 0.15) is 79.1 Å². The first kappa shape index (κ1) is 36.7. The second kappa shape index (κ2) is 15.1. The lowest BCUT2D eigenvalue weighted by Gasteiger charge is -2.51. The van der Waals surface area contributed by atoms with Crippen molar-refractivity contribution in [3.63, 3.8) is 0 Å². The van der Waals surface area contributed by atoms with Crippen LogP contribution in [0.25, 0.3) is 0 Å². The van der Waals surface area contributed by atoms with Gasteiger partial charge in [0.25, 0.3) is 0 Å². The Bertz CT molecular complexity index is 1360. The van der Waals surface area contributed by atoms with Gasteiger partial charge in [-0.05, 0) is 107 Å². The molecule has 0 saturated heterocycles. The highest BCUT2D eigenvalue weighted by Crippen LogP contribution is 2.92. The van der Waals surface area contributed by atoms with Crippen LogP contribution in [-0.2, 0) is 28.4 Å². The number of hydrogen-bond acceptors (Lipinski definition) is 8. The molecule has 52 heavy (non-hydrogen) atoms. The summed E-state index contributed by atoms with van der Waals surface area (Å²) in [5.41, 5.74) is 1.06. The SMILES string of the molecule is CC12C3C=C4OCCOCCOCCOc5ccccc5OCCOCCOCCOC4=CC3C3(C)[C@H]4CCCC[C@H]4C(C)([C@H]4CCCC[C@H]41)C23C. The van der Waals surface area contributed by atoms with Crippen molar-refractivity contribution in [2.24, 2.45) is 57.2 Å². The summed E-state index contributed by atoms with van der Waals surface area (Å²) in [5, 5.41) is 0. The van der Waals surface area contributed by atoms with Crippen LogP contribution in [0.15, 0.2) is 47.9 Å². The summed E-state index contributed by atoms with van der Waals surface area (Å²) in [6.45, 7) is 16.7. The van der Waals surface area contributed by atoms with Gasteiger partial charge in [-0.3, -0.25) is 0 Å². The number of ether oxygens (including phenoxy) is 8. The van der Waals surface area contributed by atoms with E-state index in [1.807, 2.05) is 24.3 Å². The molecule has 6 aliphatic carbocycles. The topological polar surface area (TPSA) is 73.8 Å². The van der Waals surface area contributed by atoms with Gasteiger partial charge in [0.15, 0.2) is 23.0 Å². The van der Waals surface area contributed by atoms with Gasteiger partial charge >= 0.3 is 0 Å². The fourth-order valence-electron chi connectivity index (χ4n) is 14.0. The van der Waals surface area contributed by atoms with Gasteiger partial charge in [-0.15, -0.1) is 0 Å². The molecule has 0 bridgehead atoms. The normalized spacial score (nSPS) is 43.1. The maximum absolute atomic E-state index is 6.64. The number of para-hydroxylation sites is 2. The third-order valence-electron chi connectivity index (χ3n) is 16.1. The molecule has 288 valence electrons. The Hall–Kier alpha value is -2.26. The van der Waals surface area contributed by atoms with E-state index in [0.717, 1.165) is 35.2 Å². The van der Waals surface area contributed by atoms with E-state index < -0.39 is 0 Å². The zero-order chi connectivity index (χ0) is 35.8. The van der Waals surface area contributed by atoms with Crippen LogP contribution in [0.2, 0.25) is 0 Å². The molecule has 1 heterocycles. The minimum Gasteiger partial charge on any atom is -0.488 e. The van der Waals surface area contributed by atoms with Crippen LogP contribution in [-0.4, -0.2) is 79.3 Å². The summed E-state index contributed by atoms with van der Waals surface area (Å²) in [7, 11) is 0. The monoisotopic (exact) mass is 720 g/mol. The Morgan fingerprint density at radius 2 is 0.750 bits per heavy atom. The highest BCUT2D eigenvalue weighted by molar-refractivity contribution is 5.43. The quantitative estimate of drug-likeness (QED) is 0.266. The van der Waals surface area contributed by atoms with Crippen LogP contribution in [0.5, 0.6) is 11.5 Å². The van der Waals surface area contributed by atoms with Crippen LogP contribution in [0.3, 0.4) is 0 Å². The van der Waals surface area contributed by atoms with E-state index in [0.29, 0.717) is 108 Å². The lowest BCUT2D eigenvalue weighted by molar-refractivity contribution is -0.0442. The van der Waals surface area contributed by atoms with E-state index in [9.17, 15) is 0 Å². The van der Waals surface area contributed by atoms with Crippen molar-refractivity contribution in [2.45, 2.75) is 79.1 Å². The lowest BCUT2D eigenvalue weighted by Crippen LogP contribution is -2.47. The van der Waals surface area contributed by atoms with Crippen molar-refractivity contribution >= 4 is 0 Å². The van der Waals surface area contributed by atoms with E-state index in [1.54, 1.807) is 0 Å². The van der Waals surface area contributed by atoms with E-state index in [2.05, 4.69) is 39.8 Å². The zero-order valence-corrected chi connectivity index (χ0v) is 32.3. The Morgan fingerprint density at radius 1 is 0.423 bits per heavy atom. The van der Waals surface area contributed by atoms with Gasteiger partial charge < -0.3 is 37.9 Å². The molecule has 1 aliphatic heterocycles. The van der Waals surface area contributed by atoms with Gasteiger partial charge in [0.2, 0.25) is 0 Å². The molecule has 10 atom stereocenters. The fourth-order valence-corrected chi connectivity index (χ4v) is 14.0. The van der Waals surface area contributed by atoms with Crippen molar-refractivity contribution in [2.75, 3.05) is 79.3 Å². The molecule has 6 unspecified atom stereocenters. The molecular weight excluding hydrogens is 656 g/mol. The molecule has 1 aromatic carbocycles. The first-order valence-electron chi connectivity index (χ1n) is 20.7. The van der Waals surface area contributed by atoms with Crippen molar-refractivity contribution in [3.8, 4) is 11.5 Å². The second-order valence-corrected chi connectivity index (χ2v) is 17.4. The maximum Gasteiger partial charge on any atom is 0.161 e. The molecule has 0 radical (unpaired) electrons. The predicted molar refractivity (Wildman–Crippen MR) is 199 cm³/mol. The molecule has 8 rings (SSSR count). The predicted octanol–water partition coefficient (Wildman–Crippen LogP) is 8.25. The number of fused-ring (bicyclic) bond motifs is 11. The molecule has 5 fully saturated rings. The first-order chi connectivity index (χ1) is 25.4. The first-order valence-corrected chi connectivity index (χ1v) is 20.7. The van der Waals surface area contributed by atoms with Crippen LogP contribution < -0.4 is 9.47 Å². The van der Waals surface area contributed by atoms with Gasteiger partial charge in [0.1, 0.15) is 26.4 Å². The van der Waals surface area contributed by atoms with E-state index in [4.69, 9.17) is 37.9 Å². The number of hydrogen-bond donors (Lipinski definition) is 0. The average Bonchev–Trinajstić information content (AvgIpc) is 3.52. The molecular formula is C44H64O8. The largest absolute Gasteiger partial charge is 0.488 e. The van der Waals surface area contributed by atoms with E-state index in [1.165, 1.54) is 51.4 Å². The third-order valence-corrected chi connectivity index (χ3v) is 16.1. The maximum atomic E-state index is 6.64. The lowest BCUT2D eigenvalue weighted by atomic mass is 9.52. The number of allylic oxidation sites excluding steroid dienone is 2. The van der Waals surface area contributed by atoms with E-state index >= 15 is 0 Å². The summed E-state index contributed by atoms with van der Waals surface area (Å²) < 4.78 is 48.7. The molecule has 8 heteroatoms. The summed E-state index contributed by atoms with van der Waals surface area (Å²) in [5.74, 6) is 7.26. The van der Waals surface area contributed by atoms with Crippen LogP contribution in [0, 0.1) is 57.2 Å². The van der Waals surface area contributed by atoms with Crippen LogP contribution in [0.4, 0.5) is 0 Å². The fraction of sp³-hybridized carbons (Fsp3) is 0.773. The standard InChI is InChI=1S/C44H64O8/c1-41-31-11-5-7-13-33(31)42(2)35-29-39-40(30-36(35)43(3,44(41,42)4)34-14-8-6-12-32(34)41)52-28-24-48-20-18-46-22-26-50-38-16-10-9-15-37(38)49-25-21-45-17-19-47-23-27-51-39/h9-10,15-16,29-36H,5-8,11-14,17-28H2,1-4H3/t31-,32+,33+,34-,35?,36?,41?,42?,43?,44?. The molecule has 7 aliphatic rings. The Labute approximate surface area is 312 Å². The summed E-state index contributed by atoms with van der Waals surface area (Å²) in [6.07, 6.45) is 16.2. The third kappa shape index (κ3) is 5.66. The van der Waals surface area contributed by atoms with Gasteiger partial charge in [-0.2, -0.15) is 0 Å². The highest BCUT2D eigenvalue weighted by Gasteiger charge is 2.88. The van der Waals surface area contributed by atoms with Gasteiger partial charge in [0, 0.05) is 0 Å². The highest BCUT2D eigenvalue weighted by atomic mass is 16.6. The minimum atomic E-state index is 0.217. The molecule has 8 nitrogen and oxygen atoms in total. The van der Waals surface area contributed by atoms with Crippen LogP contribution >= 0.6 is 0 Å². The summed E-state index contributed by atoms with van der Waals surface area (Å²) in [6, 6.07) is 7.69. The Kier molecular flexibility index (Phi) is 10.7. The molecule has 0 N–H and O–H groups in total. The van der Waals surface area contributed by atoms with Crippen molar-refractivity contribution < 1.29 is 37.9 Å². The average molecular weight is 721 g/mol.